The largest absolute Gasteiger partial charge is 0.453 e. The van der Waals surface area contributed by atoms with Crippen molar-refractivity contribution < 1.29 is 9.53 Å². The number of cyclic esters (lactones) is 1. The van der Waals surface area contributed by atoms with Crippen LogP contribution in [-0.4, -0.2) is 12.0 Å². The first-order valence-electron chi connectivity index (χ1n) is 6.97. The highest BCUT2D eigenvalue weighted by Crippen LogP contribution is 2.38. The van der Waals surface area contributed by atoms with Gasteiger partial charge in [-0.2, -0.15) is 0 Å². The first-order chi connectivity index (χ1) is 10.5. The van der Waals surface area contributed by atoms with Crippen LogP contribution in [0.25, 0.3) is 0 Å². The lowest BCUT2D eigenvalue weighted by Crippen LogP contribution is -2.25. The van der Waals surface area contributed by atoms with Crippen LogP contribution in [-0.2, 0) is 15.1 Å². The number of benzene rings is 2. The van der Waals surface area contributed by atoms with E-state index < -0.39 is 5.60 Å². The zero-order valence-electron chi connectivity index (χ0n) is 12.0. The molecule has 0 amide bonds. The molecule has 5 heteroatoms. The number of esters is 1. The van der Waals surface area contributed by atoms with Crippen molar-refractivity contribution in [2.45, 2.75) is 25.0 Å². The number of carbonyl (C=O) groups excluding carboxylic acids is 1. The van der Waals surface area contributed by atoms with E-state index in [0.29, 0.717) is 6.42 Å². The van der Waals surface area contributed by atoms with Crippen LogP contribution in [0.5, 0.6) is 0 Å². The second-order valence-electron chi connectivity index (χ2n) is 5.57. The lowest BCUT2D eigenvalue weighted by atomic mass is 9.91. The van der Waals surface area contributed by atoms with Crippen LogP contribution in [0.15, 0.2) is 53.0 Å². The Bertz CT molecular complexity index is 687. The molecule has 1 heterocycles. The van der Waals surface area contributed by atoms with Crippen LogP contribution in [0.3, 0.4) is 0 Å². The predicted octanol–water partition coefficient (Wildman–Crippen LogP) is 4.70. The van der Waals surface area contributed by atoms with Gasteiger partial charge in [0.15, 0.2) is 0 Å². The molecule has 114 valence electrons. The fourth-order valence-electron chi connectivity index (χ4n) is 2.64. The summed E-state index contributed by atoms with van der Waals surface area (Å²) in [6.45, 7) is 1.96. The van der Waals surface area contributed by atoms with Gasteiger partial charge in [0.05, 0.1) is 0 Å². The molecule has 2 unspecified atom stereocenters. The molecule has 2 aromatic rings. The summed E-state index contributed by atoms with van der Waals surface area (Å²) in [4.78, 5) is 12.2. The molecule has 0 saturated carbocycles. The first kappa shape index (κ1) is 15.8. The van der Waals surface area contributed by atoms with Crippen LogP contribution < -0.4 is 5.32 Å². The zero-order chi connectivity index (χ0) is 15.7. The van der Waals surface area contributed by atoms with Crippen LogP contribution in [0, 0.1) is 3.57 Å². The molecule has 3 rings (SSSR count). The Morgan fingerprint density at radius 3 is 2.45 bits per heavy atom. The van der Waals surface area contributed by atoms with Gasteiger partial charge in [0, 0.05) is 20.2 Å². The smallest absolute Gasteiger partial charge is 0.329 e. The van der Waals surface area contributed by atoms with Crippen molar-refractivity contribution in [3.63, 3.8) is 0 Å². The molecule has 2 aromatic carbocycles. The summed E-state index contributed by atoms with van der Waals surface area (Å²) in [7, 11) is 0. The summed E-state index contributed by atoms with van der Waals surface area (Å²) in [5.74, 6) is -0.205. The molecule has 1 fully saturated rings. The van der Waals surface area contributed by atoms with Crippen LogP contribution in [0.4, 0.5) is 5.69 Å². The number of rotatable bonds is 3. The topological polar surface area (TPSA) is 38.3 Å². The maximum absolute atomic E-state index is 12.2. The molecule has 1 aliphatic rings. The number of hydrogen-bond acceptors (Lipinski definition) is 3. The van der Waals surface area contributed by atoms with Crippen molar-refractivity contribution in [2.24, 2.45) is 0 Å². The van der Waals surface area contributed by atoms with Crippen LogP contribution >= 0.6 is 38.5 Å². The fraction of sp³-hybridized carbons (Fsp3) is 0.235. The molecule has 3 nitrogen and oxygen atoms in total. The van der Waals surface area contributed by atoms with Gasteiger partial charge in [-0.15, -0.1) is 0 Å². The van der Waals surface area contributed by atoms with E-state index in [1.54, 1.807) is 0 Å². The number of carbonyl (C=O) groups is 1. The number of hydrogen-bond donors (Lipinski definition) is 1. The van der Waals surface area contributed by atoms with Gasteiger partial charge in [0.2, 0.25) is 0 Å². The number of anilines is 1. The molecule has 0 aliphatic carbocycles. The third-order valence-corrected chi connectivity index (χ3v) is 5.09. The molecule has 0 spiro atoms. The highest BCUT2D eigenvalue weighted by molar-refractivity contribution is 14.1. The van der Waals surface area contributed by atoms with Crippen molar-refractivity contribution in [1.82, 2.24) is 0 Å². The number of halogens is 2. The average Bonchev–Trinajstić information content (AvgIpc) is 2.77. The van der Waals surface area contributed by atoms with Gasteiger partial charge in [-0.1, -0.05) is 28.1 Å². The summed E-state index contributed by atoms with van der Waals surface area (Å²) in [5, 5.41) is 3.27. The minimum atomic E-state index is -0.585. The standard InChI is InChI=1S/C17H15BrINO2/c1-17(11-2-4-12(18)5-3-11)10-15(16(21)22-17)20-14-8-6-13(19)7-9-14/h2-9,15,20H,10H2,1H3. The second kappa shape index (κ2) is 6.20. The zero-order valence-corrected chi connectivity index (χ0v) is 15.7. The second-order valence-corrected chi connectivity index (χ2v) is 7.73. The van der Waals surface area contributed by atoms with Crippen molar-refractivity contribution in [3.8, 4) is 0 Å². The summed E-state index contributed by atoms with van der Waals surface area (Å²) < 4.78 is 7.84. The van der Waals surface area contributed by atoms with Crippen molar-refractivity contribution >= 4 is 50.2 Å². The maximum atomic E-state index is 12.2. The Labute approximate surface area is 151 Å². The van der Waals surface area contributed by atoms with Crippen molar-refractivity contribution in [1.29, 1.82) is 0 Å². The van der Waals surface area contributed by atoms with Crippen LogP contribution in [0.2, 0.25) is 0 Å². The Hall–Kier alpha value is -1.08. The predicted molar refractivity (Wildman–Crippen MR) is 98.8 cm³/mol. The summed E-state index contributed by atoms with van der Waals surface area (Å²) in [5.41, 5.74) is 1.36. The lowest BCUT2D eigenvalue weighted by molar-refractivity contribution is -0.148. The monoisotopic (exact) mass is 471 g/mol. The van der Waals surface area contributed by atoms with Crippen molar-refractivity contribution in [3.05, 3.63) is 62.1 Å². The normalized spacial score (nSPS) is 24.1. The minimum absolute atomic E-state index is 0.205. The van der Waals surface area contributed by atoms with Gasteiger partial charge in [0.1, 0.15) is 11.6 Å². The van der Waals surface area contributed by atoms with E-state index in [1.165, 1.54) is 0 Å². The molecular formula is C17H15BrINO2. The van der Waals surface area contributed by atoms with Gasteiger partial charge >= 0.3 is 5.97 Å². The fourth-order valence-corrected chi connectivity index (χ4v) is 3.27. The van der Waals surface area contributed by atoms with E-state index in [1.807, 2.05) is 55.5 Å². The molecular weight excluding hydrogens is 457 g/mol. The van der Waals surface area contributed by atoms with Gasteiger partial charge in [-0.05, 0) is 71.5 Å². The average molecular weight is 472 g/mol. The highest BCUT2D eigenvalue weighted by atomic mass is 127. The van der Waals surface area contributed by atoms with Gasteiger partial charge < -0.3 is 10.1 Å². The van der Waals surface area contributed by atoms with E-state index in [2.05, 4.69) is 43.8 Å². The third kappa shape index (κ3) is 3.30. The lowest BCUT2D eigenvalue weighted by Gasteiger charge is -2.23. The number of nitrogens with one attached hydrogen (secondary N) is 1. The van der Waals surface area contributed by atoms with Gasteiger partial charge in [-0.25, -0.2) is 4.79 Å². The maximum Gasteiger partial charge on any atom is 0.329 e. The Morgan fingerprint density at radius 2 is 1.82 bits per heavy atom. The third-order valence-electron chi connectivity index (χ3n) is 3.84. The summed E-state index contributed by atoms with van der Waals surface area (Å²) in [6.07, 6.45) is 0.611. The van der Waals surface area contributed by atoms with Crippen LogP contribution in [0.1, 0.15) is 18.9 Å². The van der Waals surface area contributed by atoms with Crippen molar-refractivity contribution in [2.75, 3.05) is 5.32 Å². The molecule has 1 saturated heterocycles. The molecule has 2 atom stereocenters. The minimum Gasteiger partial charge on any atom is -0.453 e. The molecule has 22 heavy (non-hydrogen) atoms. The highest BCUT2D eigenvalue weighted by Gasteiger charge is 2.44. The summed E-state index contributed by atoms with van der Waals surface area (Å²) >= 11 is 5.68. The first-order valence-corrected chi connectivity index (χ1v) is 8.84. The molecule has 0 aromatic heterocycles. The SMILES string of the molecule is CC1(c2ccc(Br)cc2)CC(Nc2ccc(I)cc2)C(=O)O1. The molecule has 0 radical (unpaired) electrons. The Morgan fingerprint density at radius 1 is 1.18 bits per heavy atom. The number of ether oxygens (including phenoxy) is 1. The summed E-state index contributed by atoms with van der Waals surface area (Å²) in [6, 6.07) is 15.6. The molecule has 1 aliphatic heterocycles. The van der Waals surface area contributed by atoms with Gasteiger partial charge in [0.25, 0.3) is 0 Å². The van der Waals surface area contributed by atoms with Gasteiger partial charge in [-0.3, -0.25) is 0 Å². The Kier molecular flexibility index (Phi) is 4.45. The van der Waals surface area contributed by atoms with E-state index in [4.69, 9.17) is 4.74 Å². The van der Waals surface area contributed by atoms with E-state index in [-0.39, 0.29) is 12.0 Å². The van der Waals surface area contributed by atoms with E-state index in [0.717, 1.165) is 19.3 Å². The van der Waals surface area contributed by atoms with E-state index in [9.17, 15) is 4.79 Å². The molecule has 0 bridgehead atoms. The van der Waals surface area contributed by atoms with E-state index >= 15 is 0 Å². The molecule has 1 N–H and O–H groups in total. The Balaban J connectivity index is 1.77. The quantitative estimate of drug-likeness (QED) is 0.521.